The van der Waals surface area contributed by atoms with Gasteiger partial charge in [-0.2, -0.15) is 0 Å². The maximum atomic E-state index is 5.03. The van der Waals surface area contributed by atoms with Crippen molar-refractivity contribution in [2.75, 3.05) is 31.1 Å². The Kier molecular flexibility index (Phi) is 6.92. The molecule has 1 aliphatic heterocycles. The van der Waals surface area contributed by atoms with Crippen LogP contribution in [0.25, 0.3) is 33.8 Å². The predicted octanol–water partition coefficient (Wildman–Crippen LogP) is 6.50. The zero-order valence-corrected chi connectivity index (χ0v) is 21.7. The number of nitrogens with zero attached hydrogens (tertiary/aromatic N) is 5. The minimum atomic E-state index is 0.741. The van der Waals surface area contributed by atoms with E-state index in [-0.39, 0.29) is 0 Å². The molecule has 3 aromatic carbocycles. The van der Waals surface area contributed by atoms with E-state index in [4.69, 9.17) is 9.97 Å². The number of hydrogen-bond acceptors (Lipinski definition) is 5. The number of hydrogen-bond donors (Lipinski definition) is 0. The Morgan fingerprint density at radius 1 is 0.632 bits per heavy atom. The van der Waals surface area contributed by atoms with Crippen LogP contribution in [0.2, 0.25) is 0 Å². The van der Waals surface area contributed by atoms with Crippen LogP contribution in [-0.2, 0) is 6.54 Å². The molecule has 1 aliphatic rings. The van der Waals surface area contributed by atoms with Crippen LogP contribution in [-0.4, -0.2) is 46.0 Å². The third-order valence-electron chi connectivity index (χ3n) is 7.11. The standard InChI is InChI=1S/C33H31N5/c1-25-12-14-27(15-13-25)29-20-30(23-34-22-29)31-21-32(36-33(35-31)28-10-6-3-7-11-28)38-18-16-37(17-19-38)24-26-8-4-2-5-9-26/h2-15,20-23H,16-19,24H2,1H3. The number of pyridine rings is 1. The third-order valence-corrected chi connectivity index (χ3v) is 7.11. The van der Waals surface area contributed by atoms with E-state index >= 15 is 0 Å². The fourth-order valence-electron chi connectivity index (χ4n) is 4.92. The van der Waals surface area contributed by atoms with Gasteiger partial charge in [-0.05, 0) is 24.1 Å². The van der Waals surface area contributed by atoms with Crippen LogP contribution >= 0.6 is 0 Å². The molecule has 0 N–H and O–H groups in total. The molecule has 0 unspecified atom stereocenters. The first-order chi connectivity index (χ1) is 18.7. The molecule has 0 bridgehead atoms. The van der Waals surface area contributed by atoms with Crippen molar-refractivity contribution in [3.05, 3.63) is 121 Å². The van der Waals surface area contributed by atoms with E-state index in [9.17, 15) is 0 Å². The van der Waals surface area contributed by atoms with Gasteiger partial charge in [-0.15, -0.1) is 0 Å². The molecular weight excluding hydrogens is 466 g/mol. The van der Waals surface area contributed by atoms with E-state index in [0.717, 1.165) is 72.3 Å². The summed E-state index contributed by atoms with van der Waals surface area (Å²) in [6.45, 7) is 6.95. The number of aromatic nitrogens is 3. The molecule has 5 nitrogen and oxygen atoms in total. The number of rotatable bonds is 6. The van der Waals surface area contributed by atoms with Crippen molar-refractivity contribution >= 4 is 5.82 Å². The van der Waals surface area contributed by atoms with Gasteiger partial charge in [0.2, 0.25) is 0 Å². The van der Waals surface area contributed by atoms with E-state index in [2.05, 4.69) is 101 Å². The maximum absolute atomic E-state index is 5.03. The first-order valence-electron chi connectivity index (χ1n) is 13.2. The monoisotopic (exact) mass is 497 g/mol. The van der Waals surface area contributed by atoms with Gasteiger partial charge in [0, 0.05) is 67.9 Å². The molecule has 1 fully saturated rings. The number of aryl methyl sites for hydroxylation is 1. The molecule has 0 aliphatic carbocycles. The molecule has 1 saturated heterocycles. The molecule has 5 aromatic rings. The second kappa shape index (κ2) is 11.0. The summed E-state index contributed by atoms with van der Waals surface area (Å²) in [7, 11) is 0. The van der Waals surface area contributed by atoms with Crippen molar-refractivity contribution in [3.63, 3.8) is 0 Å². The van der Waals surface area contributed by atoms with Crippen molar-refractivity contribution in [2.24, 2.45) is 0 Å². The smallest absolute Gasteiger partial charge is 0.162 e. The summed E-state index contributed by atoms with van der Waals surface area (Å²) in [6.07, 6.45) is 3.82. The summed E-state index contributed by atoms with van der Waals surface area (Å²) in [6, 6.07) is 33.8. The van der Waals surface area contributed by atoms with Crippen molar-refractivity contribution in [1.29, 1.82) is 0 Å². The fourth-order valence-corrected chi connectivity index (χ4v) is 4.92. The molecule has 0 radical (unpaired) electrons. The SMILES string of the molecule is Cc1ccc(-c2cncc(-c3cc(N4CCN(Cc5ccccc5)CC4)nc(-c4ccccc4)n3)c2)cc1. The van der Waals surface area contributed by atoms with Crippen LogP contribution in [0.3, 0.4) is 0 Å². The van der Waals surface area contributed by atoms with Gasteiger partial charge < -0.3 is 4.90 Å². The van der Waals surface area contributed by atoms with Gasteiger partial charge in [-0.25, -0.2) is 9.97 Å². The lowest BCUT2D eigenvalue weighted by molar-refractivity contribution is 0.249. The van der Waals surface area contributed by atoms with E-state index in [0.29, 0.717) is 0 Å². The van der Waals surface area contributed by atoms with Crippen LogP contribution in [0, 0.1) is 6.92 Å². The summed E-state index contributed by atoms with van der Waals surface area (Å²) in [5, 5.41) is 0. The van der Waals surface area contributed by atoms with E-state index in [1.54, 1.807) is 0 Å². The van der Waals surface area contributed by atoms with Gasteiger partial charge in [0.15, 0.2) is 5.82 Å². The quantitative estimate of drug-likeness (QED) is 0.268. The number of benzene rings is 3. The van der Waals surface area contributed by atoms with E-state index < -0.39 is 0 Å². The van der Waals surface area contributed by atoms with Crippen LogP contribution in [0.5, 0.6) is 0 Å². The summed E-state index contributed by atoms with van der Waals surface area (Å²) >= 11 is 0. The van der Waals surface area contributed by atoms with E-state index in [1.807, 2.05) is 30.6 Å². The van der Waals surface area contributed by atoms with Crippen LogP contribution in [0.15, 0.2) is 109 Å². The van der Waals surface area contributed by atoms with Gasteiger partial charge >= 0.3 is 0 Å². The van der Waals surface area contributed by atoms with Crippen molar-refractivity contribution < 1.29 is 0 Å². The molecule has 38 heavy (non-hydrogen) atoms. The molecule has 0 saturated carbocycles. The molecule has 6 rings (SSSR count). The molecule has 188 valence electrons. The molecule has 0 amide bonds. The van der Waals surface area contributed by atoms with Crippen molar-refractivity contribution in [1.82, 2.24) is 19.9 Å². The van der Waals surface area contributed by atoms with E-state index in [1.165, 1.54) is 11.1 Å². The highest BCUT2D eigenvalue weighted by Crippen LogP contribution is 2.29. The van der Waals surface area contributed by atoms with Gasteiger partial charge in [0.1, 0.15) is 5.82 Å². The van der Waals surface area contributed by atoms with Gasteiger partial charge in [-0.1, -0.05) is 90.5 Å². The first kappa shape index (κ1) is 24.0. The minimum Gasteiger partial charge on any atom is -0.354 e. The molecule has 0 atom stereocenters. The number of piperazine rings is 1. The minimum absolute atomic E-state index is 0.741. The molecular formula is C33H31N5. The number of anilines is 1. The summed E-state index contributed by atoms with van der Waals surface area (Å²) in [4.78, 5) is 19.5. The lowest BCUT2D eigenvalue weighted by Crippen LogP contribution is -2.46. The topological polar surface area (TPSA) is 45.2 Å². The maximum Gasteiger partial charge on any atom is 0.162 e. The third kappa shape index (κ3) is 5.48. The van der Waals surface area contributed by atoms with Crippen LogP contribution in [0.1, 0.15) is 11.1 Å². The van der Waals surface area contributed by atoms with Crippen molar-refractivity contribution in [2.45, 2.75) is 13.5 Å². The lowest BCUT2D eigenvalue weighted by Gasteiger charge is -2.35. The molecule has 0 spiro atoms. The zero-order valence-electron chi connectivity index (χ0n) is 21.7. The average Bonchev–Trinajstić information content (AvgIpc) is 2.99. The second-order valence-corrected chi connectivity index (χ2v) is 9.88. The van der Waals surface area contributed by atoms with Gasteiger partial charge in [-0.3, -0.25) is 9.88 Å². The molecule has 3 heterocycles. The Morgan fingerprint density at radius 2 is 1.32 bits per heavy atom. The molecule has 5 heteroatoms. The predicted molar refractivity (Wildman–Crippen MR) is 155 cm³/mol. The highest BCUT2D eigenvalue weighted by Gasteiger charge is 2.20. The fraction of sp³-hybridized carbons (Fsp3) is 0.182. The Hall–Kier alpha value is -4.35. The highest BCUT2D eigenvalue weighted by molar-refractivity contribution is 5.73. The summed E-state index contributed by atoms with van der Waals surface area (Å²) < 4.78 is 0. The lowest BCUT2D eigenvalue weighted by atomic mass is 10.0. The Balaban J connectivity index is 1.30. The normalized spacial score (nSPS) is 14.0. The Labute approximate surface area is 224 Å². The highest BCUT2D eigenvalue weighted by atomic mass is 15.3. The van der Waals surface area contributed by atoms with Crippen LogP contribution in [0.4, 0.5) is 5.82 Å². The summed E-state index contributed by atoms with van der Waals surface area (Å²) in [5.41, 5.74) is 7.73. The molecule has 2 aromatic heterocycles. The average molecular weight is 498 g/mol. The first-order valence-corrected chi connectivity index (χ1v) is 13.2. The van der Waals surface area contributed by atoms with Crippen LogP contribution < -0.4 is 4.90 Å². The Bertz CT molecular complexity index is 1490. The van der Waals surface area contributed by atoms with Crippen molar-refractivity contribution in [3.8, 4) is 33.8 Å². The van der Waals surface area contributed by atoms with Gasteiger partial charge in [0.05, 0.1) is 5.69 Å². The van der Waals surface area contributed by atoms with Gasteiger partial charge in [0.25, 0.3) is 0 Å². The summed E-state index contributed by atoms with van der Waals surface area (Å²) in [5.74, 6) is 1.71. The Morgan fingerprint density at radius 3 is 2.05 bits per heavy atom. The largest absolute Gasteiger partial charge is 0.354 e. The zero-order chi connectivity index (χ0) is 25.7. The second-order valence-electron chi connectivity index (χ2n) is 9.88.